The topological polar surface area (TPSA) is 76.7 Å². The molecule has 1 heterocycles. The van der Waals surface area contributed by atoms with Crippen molar-refractivity contribution in [2.75, 3.05) is 24.0 Å². The summed E-state index contributed by atoms with van der Waals surface area (Å²) in [6, 6.07) is 12.2. The minimum Gasteiger partial charge on any atom is -0.454 e. The van der Waals surface area contributed by atoms with E-state index in [9.17, 15) is 9.59 Å². The molecule has 0 radical (unpaired) electrons. The van der Waals surface area contributed by atoms with Crippen LogP contribution in [0, 0.1) is 0 Å². The SMILES string of the molecule is CC(=O)c1ccc(NC(=O)CNc2ccc3c(c2)OCO3)cc1. The summed E-state index contributed by atoms with van der Waals surface area (Å²) < 4.78 is 10.5. The number of fused-ring (bicyclic) bond motifs is 1. The molecule has 1 aliphatic heterocycles. The predicted octanol–water partition coefficient (Wildman–Crippen LogP) is 2.67. The molecule has 3 rings (SSSR count). The molecule has 0 bridgehead atoms. The maximum absolute atomic E-state index is 11.9. The molecule has 0 unspecified atom stereocenters. The van der Waals surface area contributed by atoms with Crippen LogP contribution >= 0.6 is 0 Å². The molecule has 118 valence electrons. The normalized spacial score (nSPS) is 11.9. The van der Waals surface area contributed by atoms with E-state index in [-0.39, 0.29) is 25.0 Å². The predicted molar refractivity (Wildman–Crippen MR) is 86.1 cm³/mol. The first-order valence-corrected chi connectivity index (χ1v) is 7.16. The van der Waals surface area contributed by atoms with E-state index in [1.165, 1.54) is 6.92 Å². The van der Waals surface area contributed by atoms with Crippen LogP contribution in [0.25, 0.3) is 0 Å². The summed E-state index contributed by atoms with van der Waals surface area (Å²) >= 11 is 0. The van der Waals surface area contributed by atoms with E-state index in [2.05, 4.69) is 10.6 Å². The van der Waals surface area contributed by atoms with E-state index >= 15 is 0 Å². The number of carbonyl (C=O) groups is 2. The summed E-state index contributed by atoms with van der Waals surface area (Å²) in [6.07, 6.45) is 0. The van der Waals surface area contributed by atoms with Gasteiger partial charge in [-0.1, -0.05) is 0 Å². The molecule has 0 fully saturated rings. The smallest absolute Gasteiger partial charge is 0.243 e. The van der Waals surface area contributed by atoms with Crippen LogP contribution in [0.2, 0.25) is 0 Å². The van der Waals surface area contributed by atoms with Gasteiger partial charge in [0.15, 0.2) is 17.3 Å². The lowest BCUT2D eigenvalue weighted by atomic mass is 10.1. The second-order valence-corrected chi connectivity index (χ2v) is 5.10. The van der Waals surface area contributed by atoms with Crippen LogP contribution in [0.15, 0.2) is 42.5 Å². The van der Waals surface area contributed by atoms with Crippen LogP contribution in [0.1, 0.15) is 17.3 Å². The first kappa shape index (κ1) is 14.9. The molecular formula is C17H16N2O4. The van der Waals surface area contributed by atoms with Crippen LogP contribution < -0.4 is 20.1 Å². The van der Waals surface area contributed by atoms with Gasteiger partial charge in [-0.2, -0.15) is 0 Å². The molecule has 23 heavy (non-hydrogen) atoms. The van der Waals surface area contributed by atoms with Crippen molar-refractivity contribution in [3.8, 4) is 11.5 Å². The molecule has 2 N–H and O–H groups in total. The molecule has 0 saturated carbocycles. The number of ketones is 1. The molecule has 0 spiro atoms. The Hall–Kier alpha value is -3.02. The van der Waals surface area contributed by atoms with Crippen LogP contribution in [-0.4, -0.2) is 25.0 Å². The summed E-state index contributed by atoms with van der Waals surface area (Å²) in [7, 11) is 0. The van der Waals surface area contributed by atoms with E-state index in [0.717, 1.165) is 5.69 Å². The van der Waals surface area contributed by atoms with Crippen molar-refractivity contribution in [2.24, 2.45) is 0 Å². The van der Waals surface area contributed by atoms with Crippen molar-refractivity contribution in [1.29, 1.82) is 0 Å². The van der Waals surface area contributed by atoms with Gasteiger partial charge in [0.05, 0.1) is 6.54 Å². The van der Waals surface area contributed by atoms with Gasteiger partial charge in [-0.25, -0.2) is 0 Å². The Balaban J connectivity index is 1.54. The van der Waals surface area contributed by atoms with Crippen molar-refractivity contribution in [3.05, 3.63) is 48.0 Å². The Morgan fingerprint density at radius 1 is 1.00 bits per heavy atom. The third kappa shape index (κ3) is 3.60. The Kier molecular flexibility index (Phi) is 4.14. The quantitative estimate of drug-likeness (QED) is 0.830. The summed E-state index contributed by atoms with van der Waals surface area (Å²) in [4.78, 5) is 23.1. The van der Waals surface area contributed by atoms with Gasteiger partial charge in [0.2, 0.25) is 12.7 Å². The zero-order chi connectivity index (χ0) is 16.2. The van der Waals surface area contributed by atoms with Gasteiger partial charge in [-0.3, -0.25) is 9.59 Å². The fourth-order valence-electron chi connectivity index (χ4n) is 2.18. The Bertz CT molecular complexity index is 741. The van der Waals surface area contributed by atoms with Crippen LogP contribution in [0.4, 0.5) is 11.4 Å². The highest BCUT2D eigenvalue weighted by molar-refractivity contribution is 5.96. The molecule has 0 aromatic heterocycles. The van der Waals surface area contributed by atoms with E-state index in [1.807, 2.05) is 6.07 Å². The molecule has 2 aromatic carbocycles. The second kappa shape index (κ2) is 6.39. The summed E-state index contributed by atoms with van der Waals surface area (Å²) in [6.45, 7) is 1.84. The second-order valence-electron chi connectivity index (χ2n) is 5.10. The highest BCUT2D eigenvalue weighted by atomic mass is 16.7. The van der Waals surface area contributed by atoms with Crippen LogP contribution in [0.3, 0.4) is 0 Å². The number of amides is 1. The van der Waals surface area contributed by atoms with E-state index in [0.29, 0.717) is 22.7 Å². The average molecular weight is 312 g/mol. The first-order chi connectivity index (χ1) is 11.1. The number of anilines is 2. The minimum atomic E-state index is -0.182. The molecule has 0 aliphatic carbocycles. The zero-order valence-corrected chi connectivity index (χ0v) is 12.6. The maximum atomic E-state index is 11.9. The molecule has 2 aromatic rings. The average Bonchev–Trinajstić information content (AvgIpc) is 3.01. The highest BCUT2D eigenvalue weighted by Gasteiger charge is 2.13. The van der Waals surface area contributed by atoms with Crippen molar-refractivity contribution in [1.82, 2.24) is 0 Å². The maximum Gasteiger partial charge on any atom is 0.243 e. The molecule has 1 aliphatic rings. The van der Waals surface area contributed by atoms with Gasteiger partial charge in [0.1, 0.15) is 0 Å². The van der Waals surface area contributed by atoms with Crippen LogP contribution in [0.5, 0.6) is 11.5 Å². The summed E-state index contributed by atoms with van der Waals surface area (Å²) in [5.41, 5.74) is 2.03. The van der Waals surface area contributed by atoms with E-state index in [4.69, 9.17) is 9.47 Å². The molecule has 0 atom stereocenters. The minimum absolute atomic E-state index is 0.00708. The van der Waals surface area contributed by atoms with Crippen molar-refractivity contribution in [2.45, 2.75) is 6.92 Å². The third-order valence-corrected chi connectivity index (χ3v) is 3.40. The molecule has 6 nitrogen and oxygen atoms in total. The van der Waals surface area contributed by atoms with Gasteiger partial charge in [-0.15, -0.1) is 0 Å². The molecule has 0 saturated heterocycles. The lowest BCUT2D eigenvalue weighted by Gasteiger charge is -2.08. The molecule has 6 heteroatoms. The Morgan fingerprint density at radius 2 is 1.70 bits per heavy atom. The number of hydrogen-bond donors (Lipinski definition) is 2. The van der Waals surface area contributed by atoms with Gasteiger partial charge >= 0.3 is 0 Å². The summed E-state index contributed by atoms with van der Waals surface area (Å²) in [5.74, 6) is 1.17. The standard InChI is InChI=1S/C17H16N2O4/c1-11(20)12-2-4-13(5-3-12)19-17(21)9-18-14-6-7-15-16(8-14)23-10-22-15/h2-8,18H,9-10H2,1H3,(H,19,21). The summed E-state index contributed by atoms with van der Waals surface area (Å²) in [5, 5.41) is 5.78. The number of Topliss-reactive ketones (excluding diaryl/α,β-unsaturated/α-hetero) is 1. The fourth-order valence-corrected chi connectivity index (χ4v) is 2.18. The van der Waals surface area contributed by atoms with Gasteiger partial charge in [0.25, 0.3) is 0 Å². The highest BCUT2D eigenvalue weighted by Crippen LogP contribution is 2.34. The monoisotopic (exact) mass is 312 g/mol. The number of hydrogen-bond acceptors (Lipinski definition) is 5. The Labute approximate surface area is 133 Å². The number of ether oxygens (including phenoxy) is 2. The third-order valence-electron chi connectivity index (χ3n) is 3.40. The van der Waals surface area contributed by atoms with Gasteiger partial charge in [-0.05, 0) is 43.3 Å². The number of nitrogens with one attached hydrogen (secondary N) is 2. The number of benzene rings is 2. The van der Waals surface area contributed by atoms with Crippen molar-refractivity contribution >= 4 is 23.1 Å². The van der Waals surface area contributed by atoms with Gasteiger partial charge < -0.3 is 20.1 Å². The fraction of sp³-hybridized carbons (Fsp3) is 0.176. The number of carbonyl (C=O) groups excluding carboxylic acids is 2. The zero-order valence-electron chi connectivity index (χ0n) is 12.6. The van der Waals surface area contributed by atoms with Crippen LogP contribution in [-0.2, 0) is 4.79 Å². The van der Waals surface area contributed by atoms with E-state index < -0.39 is 0 Å². The van der Waals surface area contributed by atoms with Crippen molar-refractivity contribution in [3.63, 3.8) is 0 Å². The lowest BCUT2D eigenvalue weighted by Crippen LogP contribution is -2.21. The Morgan fingerprint density at radius 3 is 2.43 bits per heavy atom. The largest absolute Gasteiger partial charge is 0.454 e. The van der Waals surface area contributed by atoms with Crippen molar-refractivity contribution < 1.29 is 19.1 Å². The first-order valence-electron chi connectivity index (χ1n) is 7.16. The molecular weight excluding hydrogens is 296 g/mol. The van der Waals surface area contributed by atoms with Gasteiger partial charge in [0, 0.05) is 23.0 Å². The lowest BCUT2D eigenvalue weighted by molar-refractivity contribution is -0.114. The van der Waals surface area contributed by atoms with E-state index in [1.54, 1.807) is 36.4 Å². The number of rotatable bonds is 5. The molecule has 1 amide bonds.